The van der Waals surface area contributed by atoms with Gasteiger partial charge in [0.05, 0.1) is 6.04 Å². The Hall–Kier alpha value is -3.10. The molecule has 0 saturated carbocycles. The van der Waals surface area contributed by atoms with Crippen LogP contribution in [0.2, 0.25) is 0 Å². The maximum Gasteiger partial charge on any atom is 0.244 e. The van der Waals surface area contributed by atoms with Crippen LogP contribution in [-0.4, -0.2) is 41.3 Å². The van der Waals surface area contributed by atoms with Gasteiger partial charge in [0.25, 0.3) is 0 Å². The molecule has 0 amide bonds. The van der Waals surface area contributed by atoms with Crippen molar-refractivity contribution in [1.82, 2.24) is 15.5 Å². The van der Waals surface area contributed by atoms with E-state index in [0.29, 0.717) is 29.8 Å². The normalized spacial score (nSPS) is 15.4. The molecule has 0 radical (unpaired) electrons. The Kier molecular flexibility index (Phi) is 6.92. The van der Waals surface area contributed by atoms with E-state index in [-0.39, 0.29) is 25.4 Å². The van der Waals surface area contributed by atoms with E-state index in [1.54, 1.807) is 0 Å². The van der Waals surface area contributed by atoms with E-state index in [4.69, 9.17) is 18.7 Å². The molecule has 32 heavy (non-hydrogen) atoms. The monoisotopic (exact) mass is 439 g/mol. The lowest BCUT2D eigenvalue weighted by Gasteiger charge is -2.22. The summed E-state index contributed by atoms with van der Waals surface area (Å²) in [5.74, 6) is 3.34. The molecule has 2 N–H and O–H groups in total. The summed E-state index contributed by atoms with van der Waals surface area (Å²) in [4.78, 5) is 4.61. The molecule has 1 aliphatic rings. The van der Waals surface area contributed by atoms with Crippen molar-refractivity contribution in [3.8, 4) is 28.6 Å². The number of nitrogens with zero attached hydrogens (tertiary/aromatic N) is 2. The van der Waals surface area contributed by atoms with Gasteiger partial charge in [0.1, 0.15) is 18.5 Å². The van der Waals surface area contributed by atoms with Crippen molar-refractivity contribution in [2.24, 2.45) is 5.92 Å². The highest BCUT2D eigenvalue weighted by molar-refractivity contribution is 5.61. The highest BCUT2D eigenvalue weighted by atomic mass is 16.7. The van der Waals surface area contributed by atoms with Gasteiger partial charge in [-0.3, -0.25) is 0 Å². The first-order chi connectivity index (χ1) is 15.5. The van der Waals surface area contributed by atoms with Gasteiger partial charge in [-0.25, -0.2) is 0 Å². The minimum Gasteiger partial charge on any atom is -0.491 e. The van der Waals surface area contributed by atoms with Crippen LogP contribution in [-0.2, 0) is 0 Å². The molecule has 4 rings (SSSR count). The molecule has 0 bridgehead atoms. The molecule has 3 aromatic rings. The number of rotatable bonds is 10. The Bertz CT molecular complexity index is 1040. The van der Waals surface area contributed by atoms with Gasteiger partial charge in [-0.1, -0.05) is 43.6 Å². The van der Waals surface area contributed by atoms with Gasteiger partial charge < -0.3 is 29.2 Å². The number of nitrogens with one attached hydrogen (secondary N) is 1. The molecule has 0 saturated heterocycles. The van der Waals surface area contributed by atoms with Gasteiger partial charge in [0.2, 0.25) is 18.5 Å². The predicted octanol–water partition coefficient (Wildman–Crippen LogP) is 3.89. The third-order valence-corrected chi connectivity index (χ3v) is 5.65. The molecular formula is C24H29N3O5. The first-order valence-electron chi connectivity index (χ1n) is 10.9. The zero-order valence-corrected chi connectivity index (χ0v) is 18.6. The van der Waals surface area contributed by atoms with Crippen molar-refractivity contribution in [2.75, 3.05) is 19.9 Å². The summed E-state index contributed by atoms with van der Waals surface area (Å²) in [6.07, 6.45) is 0.229. The lowest BCUT2D eigenvalue weighted by atomic mass is 9.99. The summed E-state index contributed by atoms with van der Waals surface area (Å²) in [5, 5.41) is 18.0. The number of benzene rings is 2. The Morgan fingerprint density at radius 1 is 1.16 bits per heavy atom. The molecule has 0 aliphatic carbocycles. The molecule has 2 heterocycles. The molecule has 1 aliphatic heterocycles. The first kappa shape index (κ1) is 22.1. The van der Waals surface area contributed by atoms with Crippen molar-refractivity contribution in [3.63, 3.8) is 0 Å². The smallest absolute Gasteiger partial charge is 0.244 e. The summed E-state index contributed by atoms with van der Waals surface area (Å²) < 4.78 is 22.1. The maximum absolute atomic E-state index is 10.4. The van der Waals surface area contributed by atoms with Crippen LogP contribution in [0.4, 0.5) is 0 Å². The van der Waals surface area contributed by atoms with Gasteiger partial charge in [-0.15, -0.1) is 0 Å². The highest BCUT2D eigenvalue weighted by Crippen LogP contribution is 2.35. The fourth-order valence-electron chi connectivity index (χ4n) is 3.51. The topological polar surface area (TPSA) is 98.9 Å². The maximum atomic E-state index is 10.4. The van der Waals surface area contributed by atoms with Crippen LogP contribution < -0.4 is 19.5 Å². The Morgan fingerprint density at radius 2 is 1.97 bits per heavy atom. The number of hydrogen-bond acceptors (Lipinski definition) is 8. The molecule has 0 fully saturated rings. The van der Waals surface area contributed by atoms with Gasteiger partial charge in [-0.05, 0) is 42.7 Å². The SMILES string of the molecule is CC[C@H](C)[C@H](NC[C@@H](O)COc1ccccc1C)c1nc(-c2ccc3c(c2)OCO3)no1. The highest BCUT2D eigenvalue weighted by Gasteiger charge is 2.26. The van der Waals surface area contributed by atoms with Crippen molar-refractivity contribution in [3.05, 3.63) is 53.9 Å². The molecule has 2 aromatic carbocycles. The third kappa shape index (κ3) is 5.03. The Balaban J connectivity index is 1.40. The number of fused-ring (bicyclic) bond motifs is 1. The summed E-state index contributed by atoms with van der Waals surface area (Å²) in [6.45, 7) is 6.93. The van der Waals surface area contributed by atoms with Crippen LogP contribution in [0.15, 0.2) is 47.0 Å². The number of aliphatic hydroxyl groups is 1. The van der Waals surface area contributed by atoms with Gasteiger partial charge in [-0.2, -0.15) is 4.98 Å². The van der Waals surface area contributed by atoms with Crippen LogP contribution in [0.25, 0.3) is 11.4 Å². The molecule has 1 aromatic heterocycles. The van der Waals surface area contributed by atoms with Gasteiger partial charge in [0, 0.05) is 12.1 Å². The lowest BCUT2D eigenvalue weighted by Crippen LogP contribution is -2.36. The fourth-order valence-corrected chi connectivity index (χ4v) is 3.51. The van der Waals surface area contributed by atoms with Crippen LogP contribution >= 0.6 is 0 Å². The zero-order valence-electron chi connectivity index (χ0n) is 18.6. The van der Waals surface area contributed by atoms with Crippen molar-refractivity contribution >= 4 is 0 Å². The van der Waals surface area contributed by atoms with Crippen LogP contribution in [0, 0.1) is 12.8 Å². The Labute approximate surface area is 187 Å². The van der Waals surface area contributed by atoms with Crippen LogP contribution in [0.1, 0.15) is 37.8 Å². The summed E-state index contributed by atoms with van der Waals surface area (Å²) in [7, 11) is 0. The Morgan fingerprint density at radius 3 is 2.78 bits per heavy atom. The van der Waals surface area contributed by atoms with Crippen molar-refractivity contribution in [2.45, 2.75) is 39.3 Å². The summed E-state index contributed by atoms with van der Waals surface area (Å²) in [5.41, 5.74) is 1.82. The molecule has 3 atom stereocenters. The predicted molar refractivity (Wildman–Crippen MR) is 119 cm³/mol. The third-order valence-electron chi connectivity index (χ3n) is 5.65. The quantitative estimate of drug-likeness (QED) is 0.491. The molecule has 8 heteroatoms. The average molecular weight is 440 g/mol. The summed E-state index contributed by atoms with van der Waals surface area (Å²) >= 11 is 0. The number of aromatic nitrogens is 2. The second kappa shape index (κ2) is 10.0. The minimum absolute atomic E-state index is 0.191. The average Bonchev–Trinajstić information content (AvgIpc) is 3.47. The second-order valence-corrected chi connectivity index (χ2v) is 8.03. The first-order valence-corrected chi connectivity index (χ1v) is 10.9. The number of aliphatic hydroxyl groups excluding tert-OH is 1. The summed E-state index contributed by atoms with van der Waals surface area (Å²) in [6, 6.07) is 13.1. The van der Waals surface area contributed by atoms with Gasteiger partial charge in [0.15, 0.2) is 11.5 Å². The van der Waals surface area contributed by atoms with Crippen LogP contribution in [0.5, 0.6) is 17.2 Å². The van der Waals surface area contributed by atoms with E-state index in [2.05, 4.69) is 29.3 Å². The lowest BCUT2D eigenvalue weighted by molar-refractivity contribution is 0.0983. The minimum atomic E-state index is -0.683. The van der Waals surface area contributed by atoms with Crippen molar-refractivity contribution in [1.29, 1.82) is 0 Å². The van der Waals surface area contributed by atoms with E-state index in [0.717, 1.165) is 23.3 Å². The fraction of sp³-hybridized carbons (Fsp3) is 0.417. The molecule has 0 unspecified atom stereocenters. The number of para-hydroxylation sites is 1. The zero-order chi connectivity index (χ0) is 22.5. The molecule has 170 valence electrons. The van der Waals surface area contributed by atoms with E-state index in [9.17, 15) is 5.11 Å². The number of ether oxygens (including phenoxy) is 3. The van der Waals surface area contributed by atoms with E-state index < -0.39 is 6.10 Å². The second-order valence-electron chi connectivity index (χ2n) is 8.03. The number of hydrogen-bond donors (Lipinski definition) is 2. The number of aryl methyl sites for hydroxylation is 1. The van der Waals surface area contributed by atoms with Crippen LogP contribution in [0.3, 0.4) is 0 Å². The standard InChI is InChI=1S/C24H29N3O5/c1-4-15(2)22(25-12-18(28)13-29-19-8-6-5-7-16(19)3)24-26-23(27-32-24)17-9-10-20-21(11-17)31-14-30-20/h5-11,15,18,22,25,28H,4,12-14H2,1-3H3/t15-,18+,22-/m0/s1. The van der Waals surface area contributed by atoms with Gasteiger partial charge >= 0.3 is 0 Å². The van der Waals surface area contributed by atoms with E-state index >= 15 is 0 Å². The van der Waals surface area contributed by atoms with E-state index in [1.165, 1.54) is 0 Å². The molecular weight excluding hydrogens is 410 g/mol. The largest absolute Gasteiger partial charge is 0.491 e. The molecule has 0 spiro atoms. The molecule has 8 nitrogen and oxygen atoms in total. The van der Waals surface area contributed by atoms with E-state index in [1.807, 2.05) is 49.4 Å². The van der Waals surface area contributed by atoms with Crippen molar-refractivity contribution < 1.29 is 23.8 Å².